The molecule has 60 valence electrons. The summed E-state index contributed by atoms with van der Waals surface area (Å²) >= 11 is 3.13. The van der Waals surface area contributed by atoms with E-state index >= 15 is 0 Å². The SMILES string of the molecule is CC(=O)C1(Br)C=CC(F)=CN1. The van der Waals surface area contributed by atoms with Gasteiger partial charge < -0.3 is 5.32 Å². The van der Waals surface area contributed by atoms with Gasteiger partial charge in [-0.25, -0.2) is 4.39 Å². The van der Waals surface area contributed by atoms with Crippen molar-refractivity contribution >= 4 is 21.7 Å². The van der Waals surface area contributed by atoms with Crippen LogP contribution in [0.1, 0.15) is 6.92 Å². The highest BCUT2D eigenvalue weighted by Gasteiger charge is 2.29. The third-order valence-electron chi connectivity index (χ3n) is 1.40. The average Bonchev–Trinajstić information content (AvgIpc) is 1.95. The molecule has 11 heavy (non-hydrogen) atoms. The highest BCUT2D eigenvalue weighted by molar-refractivity contribution is 9.10. The molecule has 0 bridgehead atoms. The van der Waals surface area contributed by atoms with Crippen LogP contribution in [0.2, 0.25) is 0 Å². The van der Waals surface area contributed by atoms with Gasteiger partial charge in [0.15, 0.2) is 10.2 Å². The number of hydrogen-bond acceptors (Lipinski definition) is 2. The normalized spacial score (nSPS) is 29.2. The average molecular weight is 220 g/mol. The zero-order valence-corrected chi connectivity index (χ0v) is 7.48. The van der Waals surface area contributed by atoms with E-state index in [1.165, 1.54) is 19.1 Å². The Morgan fingerprint density at radius 2 is 2.45 bits per heavy atom. The Labute approximate surface area is 72.3 Å². The van der Waals surface area contributed by atoms with Crippen molar-refractivity contribution in [1.29, 1.82) is 0 Å². The monoisotopic (exact) mass is 219 g/mol. The van der Waals surface area contributed by atoms with E-state index < -0.39 is 4.45 Å². The molecule has 1 aliphatic heterocycles. The van der Waals surface area contributed by atoms with Crippen LogP contribution in [-0.4, -0.2) is 10.2 Å². The number of alkyl halides is 1. The quantitative estimate of drug-likeness (QED) is 0.537. The van der Waals surface area contributed by atoms with Crippen LogP contribution < -0.4 is 5.32 Å². The number of dihydropyridines is 1. The van der Waals surface area contributed by atoms with E-state index in [-0.39, 0.29) is 11.6 Å². The summed E-state index contributed by atoms with van der Waals surface area (Å²) < 4.78 is 11.5. The Bertz CT molecular complexity index is 249. The van der Waals surface area contributed by atoms with E-state index in [9.17, 15) is 9.18 Å². The van der Waals surface area contributed by atoms with Gasteiger partial charge in [0.1, 0.15) is 5.83 Å². The maximum absolute atomic E-state index is 12.4. The lowest BCUT2D eigenvalue weighted by Crippen LogP contribution is -2.41. The number of Topliss-reactive ketones (excluding diaryl/α,β-unsaturated/α-hetero) is 1. The smallest absolute Gasteiger partial charge is 0.170 e. The molecule has 0 fully saturated rings. The van der Waals surface area contributed by atoms with Crippen molar-refractivity contribution < 1.29 is 9.18 Å². The van der Waals surface area contributed by atoms with E-state index in [2.05, 4.69) is 21.2 Å². The topological polar surface area (TPSA) is 29.1 Å². The lowest BCUT2D eigenvalue weighted by atomic mass is 10.1. The number of ketones is 1. The Hall–Kier alpha value is -0.640. The summed E-state index contributed by atoms with van der Waals surface area (Å²) in [7, 11) is 0. The first-order valence-electron chi connectivity index (χ1n) is 3.07. The molecule has 0 amide bonds. The van der Waals surface area contributed by atoms with Gasteiger partial charge in [0.05, 0.1) is 0 Å². The van der Waals surface area contributed by atoms with Gasteiger partial charge in [-0.1, -0.05) is 0 Å². The summed E-state index contributed by atoms with van der Waals surface area (Å²) in [6.07, 6.45) is 3.83. The maximum atomic E-state index is 12.4. The molecule has 1 rings (SSSR count). The minimum Gasteiger partial charge on any atom is -0.365 e. The van der Waals surface area contributed by atoms with Crippen molar-refractivity contribution in [3.8, 4) is 0 Å². The molecule has 1 aliphatic rings. The van der Waals surface area contributed by atoms with Crippen molar-refractivity contribution in [1.82, 2.24) is 5.32 Å². The third-order valence-corrected chi connectivity index (χ3v) is 2.46. The fourth-order valence-corrected chi connectivity index (χ4v) is 0.930. The van der Waals surface area contributed by atoms with Gasteiger partial charge in [0.2, 0.25) is 0 Å². The highest BCUT2D eigenvalue weighted by atomic mass is 79.9. The summed E-state index contributed by atoms with van der Waals surface area (Å²) in [6.45, 7) is 1.42. The summed E-state index contributed by atoms with van der Waals surface area (Å²) in [6, 6.07) is 0. The second kappa shape index (κ2) is 2.77. The molecule has 0 aliphatic carbocycles. The largest absolute Gasteiger partial charge is 0.365 e. The van der Waals surface area contributed by atoms with Crippen LogP contribution in [0.15, 0.2) is 24.2 Å². The molecular weight excluding hydrogens is 213 g/mol. The van der Waals surface area contributed by atoms with Gasteiger partial charge in [-0.2, -0.15) is 0 Å². The van der Waals surface area contributed by atoms with Crippen molar-refractivity contribution in [2.45, 2.75) is 11.4 Å². The summed E-state index contributed by atoms with van der Waals surface area (Å²) in [4.78, 5) is 10.9. The molecule has 0 aromatic heterocycles. The predicted molar refractivity (Wildman–Crippen MR) is 43.8 cm³/mol. The minimum absolute atomic E-state index is 0.113. The predicted octanol–water partition coefficient (Wildman–Crippen LogP) is 1.64. The van der Waals surface area contributed by atoms with E-state index in [0.717, 1.165) is 6.20 Å². The molecular formula is C7H7BrFNO. The highest BCUT2D eigenvalue weighted by Crippen LogP contribution is 2.22. The molecule has 1 N–H and O–H groups in total. The van der Waals surface area contributed by atoms with Crippen LogP contribution >= 0.6 is 15.9 Å². The number of hydrogen-bond donors (Lipinski definition) is 1. The lowest BCUT2D eigenvalue weighted by molar-refractivity contribution is -0.118. The second-order valence-electron chi connectivity index (χ2n) is 2.27. The Morgan fingerprint density at radius 1 is 1.82 bits per heavy atom. The van der Waals surface area contributed by atoms with Gasteiger partial charge in [-0.05, 0) is 35.0 Å². The van der Waals surface area contributed by atoms with E-state index in [1.807, 2.05) is 0 Å². The molecule has 0 radical (unpaired) electrons. The van der Waals surface area contributed by atoms with Crippen LogP contribution in [0.4, 0.5) is 4.39 Å². The van der Waals surface area contributed by atoms with Crippen LogP contribution in [0.25, 0.3) is 0 Å². The third kappa shape index (κ3) is 1.68. The zero-order valence-electron chi connectivity index (χ0n) is 5.90. The molecule has 0 aromatic rings. The van der Waals surface area contributed by atoms with Gasteiger partial charge in [0, 0.05) is 6.20 Å². The van der Waals surface area contributed by atoms with Crippen molar-refractivity contribution in [3.63, 3.8) is 0 Å². The summed E-state index contributed by atoms with van der Waals surface area (Å²) in [5.41, 5.74) is 0. The van der Waals surface area contributed by atoms with Gasteiger partial charge in [-0.15, -0.1) is 0 Å². The maximum Gasteiger partial charge on any atom is 0.170 e. The van der Waals surface area contributed by atoms with Gasteiger partial charge >= 0.3 is 0 Å². The molecule has 0 saturated heterocycles. The second-order valence-corrected chi connectivity index (χ2v) is 3.53. The first-order valence-corrected chi connectivity index (χ1v) is 3.86. The van der Waals surface area contributed by atoms with E-state index in [0.29, 0.717) is 0 Å². The molecule has 0 spiro atoms. The fourth-order valence-electron chi connectivity index (χ4n) is 0.684. The fraction of sp³-hybridized carbons (Fsp3) is 0.286. The van der Waals surface area contributed by atoms with Crippen molar-refractivity contribution in [2.75, 3.05) is 0 Å². The summed E-state index contributed by atoms with van der Waals surface area (Å²) in [5, 5.41) is 2.59. The molecule has 1 atom stereocenters. The number of carbonyl (C=O) groups excluding carboxylic acids is 1. The number of nitrogens with one attached hydrogen (secondary N) is 1. The Balaban J connectivity index is 2.82. The van der Waals surface area contributed by atoms with Gasteiger partial charge in [-0.3, -0.25) is 4.79 Å². The van der Waals surface area contributed by atoms with Crippen LogP contribution in [0.3, 0.4) is 0 Å². The minimum atomic E-state index is -0.914. The first kappa shape index (κ1) is 8.46. The number of halogens is 2. The van der Waals surface area contributed by atoms with Crippen molar-refractivity contribution in [2.24, 2.45) is 0 Å². The van der Waals surface area contributed by atoms with E-state index in [1.54, 1.807) is 0 Å². The van der Waals surface area contributed by atoms with Crippen molar-refractivity contribution in [3.05, 3.63) is 24.2 Å². The molecule has 0 aromatic carbocycles. The Morgan fingerprint density at radius 3 is 2.82 bits per heavy atom. The van der Waals surface area contributed by atoms with E-state index in [4.69, 9.17) is 0 Å². The number of allylic oxidation sites excluding steroid dienone is 2. The zero-order chi connectivity index (χ0) is 8.48. The molecule has 1 heterocycles. The summed E-state index contributed by atoms with van der Waals surface area (Å²) in [5.74, 6) is -0.501. The number of carbonyl (C=O) groups is 1. The molecule has 1 unspecified atom stereocenters. The first-order chi connectivity index (χ1) is 5.04. The van der Waals surface area contributed by atoms with Crippen LogP contribution in [0, 0.1) is 0 Å². The number of rotatable bonds is 1. The molecule has 2 nitrogen and oxygen atoms in total. The van der Waals surface area contributed by atoms with Gasteiger partial charge in [0.25, 0.3) is 0 Å². The molecule has 0 saturated carbocycles. The molecule has 4 heteroatoms. The Kier molecular flexibility index (Phi) is 2.13. The lowest BCUT2D eigenvalue weighted by Gasteiger charge is -2.23. The van der Waals surface area contributed by atoms with Crippen LogP contribution in [-0.2, 0) is 4.79 Å². The standard InChI is InChI=1S/C7H7BrFNO/c1-5(11)7(8)3-2-6(9)4-10-7/h2-4,10H,1H3. The van der Waals surface area contributed by atoms with Crippen LogP contribution in [0.5, 0.6) is 0 Å².